The number of fused-ring (bicyclic) bond motifs is 1. The fourth-order valence-electron chi connectivity index (χ4n) is 3.57. The van der Waals surface area contributed by atoms with Gasteiger partial charge in [0.25, 0.3) is 0 Å². The molecule has 1 unspecified atom stereocenters. The fourth-order valence-corrected chi connectivity index (χ4v) is 4.86. The van der Waals surface area contributed by atoms with E-state index in [4.69, 9.17) is 9.98 Å². The summed E-state index contributed by atoms with van der Waals surface area (Å²) >= 11 is 2.11. The van der Waals surface area contributed by atoms with E-state index >= 15 is 0 Å². The third kappa shape index (κ3) is 5.78. The summed E-state index contributed by atoms with van der Waals surface area (Å²) in [6.07, 6.45) is 6.88. The molecule has 1 aromatic rings. The predicted octanol–water partition coefficient (Wildman–Crippen LogP) is 3.42. The highest BCUT2D eigenvalue weighted by Gasteiger charge is 2.24. The molecule has 1 fully saturated rings. The largest absolute Gasteiger partial charge is 0.357 e. The fraction of sp³-hybridized carbons (Fsp3) is 0.789. The van der Waals surface area contributed by atoms with Gasteiger partial charge in [0.1, 0.15) is 5.82 Å². The average molecular weight is 491 g/mol. The molecule has 0 aromatic carbocycles. The summed E-state index contributed by atoms with van der Waals surface area (Å²) in [4.78, 5) is 12.2. The molecular weight excluding hydrogens is 457 g/mol. The Kier molecular flexibility index (Phi) is 9.06. The first-order chi connectivity index (χ1) is 12.2. The summed E-state index contributed by atoms with van der Waals surface area (Å²) in [6.45, 7) is 11.9. The maximum Gasteiger partial charge on any atom is 0.193 e. The number of nitrogens with one attached hydrogen (secondary N) is 1. The number of nitrogens with zero attached hydrogens (tertiary/aromatic N) is 4. The Balaban J connectivity index is 0.00000243. The second kappa shape index (κ2) is 10.8. The minimum absolute atomic E-state index is 0. The number of aryl methyl sites for hydroxylation is 2. The SMILES string of the molecule is CCNC(=NCCc1cn2c(n1)CCCC2)N1CCSC(C(C)C)C1.I. The van der Waals surface area contributed by atoms with Gasteiger partial charge in [-0.25, -0.2) is 4.98 Å². The Morgan fingerprint density at radius 2 is 2.23 bits per heavy atom. The highest BCUT2D eigenvalue weighted by atomic mass is 127. The van der Waals surface area contributed by atoms with Gasteiger partial charge in [0.2, 0.25) is 0 Å². The second-order valence-corrected chi connectivity index (χ2v) is 8.73. The quantitative estimate of drug-likeness (QED) is 0.390. The zero-order valence-corrected chi connectivity index (χ0v) is 19.6. The van der Waals surface area contributed by atoms with Gasteiger partial charge in [-0.3, -0.25) is 4.99 Å². The molecule has 0 aliphatic carbocycles. The van der Waals surface area contributed by atoms with E-state index in [2.05, 4.69) is 53.5 Å². The molecule has 1 N–H and O–H groups in total. The zero-order chi connectivity index (χ0) is 17.6. The van der Waals surface area contributed by atoms with Crippen molar-refractivity contribution < 1.29 is 0 Å². The molecule has 0 bridgehead atoms. The van der Waals surface area contributed by atoms with Gasteiger partial charge in [-0.15, -0.1) is 24.0 Å². The summed E-state index contributed by atoms with van der Waals surface area (Å²) < 4.78 is 2.34. The molecule has 0 saturated carbocycles. The lowest BCUT2D eigenvalue weighted by atomic mass is 10.1. The van der Waals surface area contributed by atoms with Gasteiger partial charge in [-0.05, 0) is 25.7 Å². The molecular formula is C19H34IN5S. The standard InChI is InChI=1S/C19H33N5S.HI/c1-4-20-19(24-11-12-25-17(14-24)15(2)3)21-9-8-16-13-23-10-6-5-7-18(23)22-16;/h13,15,17H,4-12,14H2,1-3H3,(H,20,21);1H. The normalized spacial score (nSPS) is 20.7. The number of aliphatic imine (C=N–C) groups is 1. The van der Waals surface area contributed by atoms with Crippen molar-refractivity contribution >= 4 is 41.7 Å². The molecule has 7 heteroatoms. The molecule has 26 heavy (non-hydrogen) atoms. The van der Waals surface area contributed by atoms with Gasteiger partial charge in [0.05, 0.1) is 5.69 Å². The van der Waals surface area contributed by atoms with Crippen molar-refractivity contribution in [2.75, 3.05) is 31.9 Å². The summed E-state index contributed by atoms with van der Waals surface area (Å²) in [7, 11) is 0. The van der Waals surface area contributed by atoms with Crippen molar-refractivity contribution in [2.45, 2.75) is 58.2 Å². The van der Waals surface area contributed by atoms with Gasteiger partial charge >= 0.3 is 0 Å². The van der Waals surface area contributed by atoms with Crippen LogP contribution < -0.4 is 5.32 Å². The Hall–Kier alpha value is -0.440. The van der Waals surface area contributed by atoms with Crippen molar-refractivity contribution in [3.63, 3.8) is 0 Å². The van der Waals surface area contributed by atoms with Crippen LogP contribution in [-0.2, 0) is 19.4 Å². The third-order valence-electron chi connectivity index (χ3n) is 5.06. The molecule has 0 amide bonds. The molecule has 0 radical (unpaired) electrons. The van der Waals surface area contributed by atoms with Gasteiger partial charge in [-0.1, -0.05) is 13.8 Å². The van der Waals surface area contributed by atoms with E-state index in [-0.39, 0.29) is 24.0 Å². The van der Waals surface area contributed by atoms with Crippen molar-refractivity contribution in [3.05, 3.63) is 17.7 Å². The molecule has 2 aliphatic rings. The number of aromatic nitrogens is 2. The van der Waals surface area contributed by atoms with Crippen molar-refractivity contribution in [2.24, 2.45) is 10.9 Å². The number of rotatable bonds is 5. The van der Waals surface area contributed by atoms with Crippen LogP contribution in [0.5, 0.6) is 0 Å². The first-order valence-corrected chi connectivity index (χ1v) is 10.9. The second-order valence-electron chi connectivity index (χ2n) is 7.38. The highest BCUT2D eigenvalue weighted by molar-refractivity contribution is 14.0. The zero-order valence-electron chi connectivity index (χ0n) is 16.4. The molecule has 1 aromatic heterocycles. The summed E-state index contributed by atoms with van der Waals surface area (Å²) in [5, 5.41) is 4.19. The van der Waals surface area contributed by atoms with Crippen LogP contribution in [0.15, 0.2) is 11.2 Å². The van der Waals surface area contributed by atoms with E-state index in [1.807, 2.05) is 0 Å². The lowest BCUT2D eigenvalue weighted by molar-refractivity contribution is 0.381. The van der Waals surface area contributed by atoms with Crippen molar-refractivity contribution in [1.29, 1.82) is 0 Å². The highest BCUT2D eigenvalue weighted by Crippen LogP contribution is 2.24. The van der Waals surface area contributed by atoms with Gasteiger partial charge in [0, 0.05) is 62.8 Å². The monoisotopic (exact) mass is 491 g/mol. The van der Waals surface area contributed by atoms with E-state index in [0.717, 1.165) is 51.5 Å². The Labute approximate surface area is 179 Å². The van der Waals surface area contributed by atoms with E-state index in [1.54, 1.807) is 0 Å². The number of hydrogen-bond donors (Lipinski definition) is 1. The molecule has 0 spiro atoms. The summed E-state index contributed by atoms with van der Waals surface area (Å²) in [5.41, 5.74) is 1.20. The summed E-state index contributed by atoms with van der Waals surface area (Å²) in [5.74, 6) is 4.26. The number of guanidine groups is 1. The van der Waals surface area contributed by atoms with Crippen LogP contribution in [0.3, 0.4) is 0 Å². The lowest BCUT2D eigenvalue weighted by Gasteiger charge is -2.36. The first-order valence-electron chi connectivity index (χ1n) is 9.87. The minimum atomic E-state index is 0. The Bertz CT molecular complexity index is 563. The number of thioether (sulfide) groups is 1. The van der Waals surface area contributed by atoms with Crippen LogP contribution in [0.1, 0.15) is 45.1 Å². The van der Waals surface area contributed by atoms with Crippen LogP contribution in [-0.4, -0.2) is 57.6 Å². The van der Waals surface area contributed by atoms with Crippen molar-refractivity contribution in [3.8, 4) is 0 Å². The van der Waals surface area contributed by atoms with Gasteiger partial charge in [0.15, 0.2) is 5.96 Å². The molecule has 1 saturated heterocycles. The molecule has 2 aliphatic heterocycles. The van der Waals surface area contributed by atoms with Crippen LogP contribution in [0.25, 0.3) is 0 Å². The summed E-state index contributed by atoms with van der Waals surface area (Å²) in [6, 6.07) is 0. The Morgan fingerprint density at radius 1 is 1.38 bits per heavy atom. The average Bonchev–Trinajstić information content (AvgIpc) is 3.04. The maximum absolute atomic E-state index is 4.91. The molecule has 3 rings (SSSR count). The van der Waals surface area contributed by atoms with Crippen LogP contribution in [0.4, 0.5) is 0 Å². The van der Waals surface area contributed by atoms with Crippen LogP contribution in [0, 0.1) is 5.92 Å². The van der Waals surface area contributed by atoms with Gasteiger partial charge < -0.3 is 14.8 Å². The van der Waals surface area contributed by atoms with Crippen molar-refractivity contribution in [1.82, 2.24) is 19.8 Å². The number of hydrogen-bond acceptors (Lipinski definition) is 3. The minimum Gasteiger partial charge on any atom is -0.357 e. The predicted molar refractivity (Wildman–Crippen MR) is 123 cm³/mol. The van der Waals surface area contributed by atoms with E-state index in [1.165, 1.54) is 30.1 Å². The van der Waals surface area contributed by atoms with Gasteiger partial charge in [-0.2, -0.15) is 11.8 Å². The number of imidazole rings is 1. The van der Waals surface area contributed by atoms with E-state index in [0.29, 0.717) is 11.2 Å². The molecule has 148 valence electrons. The van der Waals surface area contributed by atoms with E-state index in [9.17, 15) is 0 Å². The topological polar surface area (TPSA) is 45.5 Å². The number of halogens is 1. The van der Waals surface area contributed by atoms with Crippen LogP contribution in [0.2, 0.25) is 0 Å². The molecule has 3 heterocycles. The third-order valence-corrected chi connectivity index (χ3v) is 6.60. The Morgan fingerprint density at radius 3 is 2.96 bits per heavy atom. The smallest absolute Gasteiger partial charge is 0.193 e. The maximum atomic E-state index is 4.91. The van der Waals surface area contributed by atoms with E-state index < -0.39 is 0 Å². The first kappa shape index (κ1) is 21.9. The van der Waals surface area contributed by atoms with Crippen LogP contribution >= 0.6 is 35.7 Å². The lowest BCUT2D eigenvalue weighted by Crippen LogP contribution is -2.49. The molecule has 1 atom stereocenters. The molecule has 5 nitrogen and oxygen atoms in total.